The van der Waals surface area contributed by atoms with Crippen molar-refractivity contribution in [2.24, 2.45) is 11.8 Å². The summed E-state index contributed by atoms with van der Waals surface area (Å²) in [7, 11) is 0. The van der Waals surface area contributed by atoms with Crippen LogP contribution >= 0.6 is 0 Å². The highest BCUT2D eigenvalue weighted by atomic mass is 16.6. The molecular weight excluding hydrogens is 238 g/mol. The summed E-state index contributed by atoms with van der Waals surface area (Å²) in [6.07, 6.45) is 8.41. The molecule has 3 heteroatoms. The van der Waals surface area contributed by atoms with Crippen LogP contribution in [-0.4, -0.2) is 17.2 Å². The second-order valence-electron chi connectivity index (χ2n) is 7.61. The lowest BCUT2D eigenvalue weighted by Crippen LogP contribution is -2.52. The summed E-state index contributed by atoms with van der Waals surface area (Å²) < 4.78 is 5.47. The zero-order chi connectivity index (χ0) is 14.1. The SMILES string of the molecule is CC1CCC(NC(=O)OC(C)(C)C)(C2CCCC2)C1. The summed E-state index contributed by atoms with van der Waals surface area (Å²) in [6.45, 7) is 8.07. The van der Waals surface area contributed by atoms with Crippen molar-refractivity contribution in [3.8, 4) is 0 Å². The molecule has 0 aromatic rings. The molecule has 0 aromatic carbocycles. The standard InChI is InChI=1S/C16H29NO2/c1-12-9-10-16(11-12,13-7-5-6-8-13)17-14(18)19-15(2,3)4/h12-13H,5-11H2,1-4H3,(H,17,18). The highest BCUT2D eigenvalue weighted by Crippen LogP contribution is 2.46. The molecule has 0 bridgehead atoms. The van der Waals surface area contributed by atoms with Gasteiger partial charge in [0.15, 0.2) is 0 Å². The Balaban J connectivity index is 2.04. The maximum Gasteiger partial charge on any atom is 0.408 e. The number of rotatable bonds is 2. The van der Waals surface area contributed by atoms with E-state index in [2.05, 4.69) is 12.2 Å². The first kappa shape index (κ1) is 14.7. The largest absolute Gasteiger partial charge is 0.444 e. The fourth-order valence-corrected chi connectivity index (χ4v) is 3.90. The Labute approximate surface area is 117 Å². The highest BCUT2D eigenvalue weighted by Gasteiger charge is 2.46. The van der Waals surface area contributed by atoms with E-state index < -0.39 is 5.60 Å². The number of hydrogen-bond acceptors (Lipinski definition) is 2. The zero-order valence-electron chi connectivity index (χ0n) is 12.9. The fourth-order valence-electron chi connectivity index (χ4n) is 3.90. The van der Waals surface area contributed by atoms with E-state index in [1.165, 1.54) is 32.1 Å². The number of alkyl carbamates (subject to hydrolysis) is 1. The van der Waals surface area contributed by atoms with Gasteiger partial charge in [-0.1, -0.05) is 19.8 Å². The van der Waals surface area contributed by atoms with Gasteiger partial charge >= 0.3 is 6.09 Å². The summed E-state index contributed by atoms with van der Waals surface area (Å²) in [5.74, 6) is 1.38. The van der Waals surface area contributed by atoms with Crippen molar-refractivity contribution in [3.63, 3.8) is 0 Å². The molecule has 1 amide bonds. The summed E-state index contributed by atoms with van der Waals surface area (Å²) in [6, 6.07) is 0. The summed E-state index contributed by atoms with van der Waals surface area (Å²) in [4.78, 5) is 12.1. The second kappa shape index (κ2) is 5.34. The summed E-state index contributed by atoms with van der Waals surface area (Å²) in [5, 5.41) is 3.26. The number of carbonyl (C=O) groups excluding carboxylic acids is 1. The van der Waals surface area contributed by atoms with Crippen LogP contribution in [0.4, 0.5) is 4.79 Å². The lowest BCUT2D eigenvalue weighted by molar-refractivity contribution is 0.0406. The van der Waals surface area contributed by atoms with Crippen LogP contribution in [0.3, 0.4) is 0 Å². The minimum absolute atomic E-state index is 0.0122. The van der Waals surface area contributed by atoms with Crippen LogP contribution in [0.5, 0.6) is 0 Å². The monoisotopic (exact) mass is 267 g/mol. The Bertz CT molecular complexity index is 328. The number of amides is 1. The third-order valence-corrected chi connectivity index (χ3v) is 4.68. The van der Waals surface area contributed by atoms with Gasteiger partial charge in [0.1, 0.15) is 5.60 Å². The van der Waals surface area contributed by atoms with Crippen molar-refractivity contribution >= 4 is 6.09 Å². The molecule has 1 N–H and O–H groups in total. The number of nitrogens with one attached hydrogen (secondary N) is 1. The Hall–Kier alpha value is -0.730. The first-order valence-electron chi connectivity index (χ1n) is 7.82. The number of hydrogen-bond donors (Lipinski definition) is 1. The van der Waals surface area contributed by atoms with E-state index in [0.29, 0.717) is 5.92 Å². The van der Waals surface area contributed by atoms with Crippen LogP contribution in [0.1, 0.15) is 72.6 Å². The average Bonchev–Trinajstić information content (AvgIpc) is 2.85. The lowest BCUT2D eigenvalue weighted by atomic mass is 9.80. The van der Waals surface area contributed by atoms with E-state index in [4.69, 9.17) is 4.74 Å². The third-order valence-electron chi connectivity index (χ3n) is 4.68. The van der Waals surface area contributed by atoms with Gasteiger partial charge in [0.2, 0.25) is 0 Å². The molecule has 0 heterocycles. The summed E-state index contributed by atoms with van der Waals surface area (Å²) in [5.41, 5.74) is -0.399. The van der Waals surface area contributed by atoms with E-state index in [1.807, 2.05) is 20.8 Å². The van der Waals surface area contributed by atoms with E-state index in [-0.39, 0.29) is 11.6 Å². The molecule has 110 valence electrons. The highest BCUT2D eigenvalue weighted by molar-refractivity contribution is 5.69. The average molecular weight is 267 g/mol. The lowest BCUT2D eigenvalue weighted by Gasteiger charge is -2.37. The Morgan fingerprint density at radius 3 is 2.32 bits per heavy atom. The molecule has 2 saturated carbocycles. The molecule has 2 aliphatic carbocycles. The molecule has 2 fully saturated rings. The minimum Gasteiger partial charge on any atom is -0.444 e. The first-order valence-corrected chi connectivity index (χ1v) is 7.82. The van der Waals surface area contributed by atoms with Crippen molar-refractivity contribution in [2.75, 3.05) is 0 Å². The van der Waals surface area contributed by atoms with Gasteiger partial charge in [0, 0.05) is 5.54 Å². The Kier molecular flexibility index (Phi) is 4.12. The van der Waals surface area contributed by atoms with Crippen LogP contribution < -0.4 is 5.32 Å². The van der Waals surface area contributed by atoms with Crippen LogP contribution in [0, 0.1) is 11.8 Å². The van der Waals surface area contributed by atoms with E-state index in [0.717, 1.165) is 18.8 Å². The van der Waals surface area contributed by atoms with Crippen LogP contribution in [-0.2, 0) is 4.74 Å². The van der Waals surface area contributed by atoms with E-state index in [9.17, 15) is 4.79 Å². The molecular formula is C16H29NO2. The van der Waals surface area contributed by atoms with Gasteiger partial charge in [0.25, 0.3) is 0 Å². The van der Waals surface area contributed by atoms with Crippen molar-refractivity contribution < 1.29 is 9.53 Å². The normalized spacial score (nSPS) is 32.5. The molecule has 0 spiro atoms. The van der Waals surface area contributed by atoms with Crippen LogP contribution in [0.15, 0.2) is 0 Å². The topological polar surface area (TPSA) is 38.3 Å². The van der Waals surface area contributed by atoms with Gasteiger partial charge in [-0.3, -0.25) is 0 Å². The molecule has 0 aromatic heterocycles. The van der Waals surface area contributed by atoms with Crippen molar-refractivity contribution in [1.29, 1.82) is 0 Å². The maximum atomic E-state index is 12.1. The van der Waals surface area contributed by atoms with Crippen molar-refractivity contribution in [3.05, 3.63) is 0 Å². The smallest absolute Gasteiger partial charge is 0.408 e. The minimum atomic E-state index is -0.412. The molecule has 19 heavy (non-hydrogen) atoms. The third kappa shape index (κ3) is 3.64. The van der Waals surface area contributed by atoms with Gasteiger partial charge < -0.3 is 10.1 Å². The molecule has 2 atom stereocenters. The molecule has 3 nitrogen and oxygen atoms in total. The van der Waals surface area contributed by atoms with Gasteiger partial charge in [-0.15, -0.1) is 0 Å². The quantitative estimate of drug-likeness (QED) is 0.811. The maximum absolute atomic E-state index is 12.1. The van der Waals surface area contributed by atoms with Crippen LogP contribution in [0.2, 0.25) is 0 Å². The molecule has 2 unspecified atom stereocenters. The van der Waals surface area contributed by atoms with Gasteiger partial charge in [-0.25, -0.2) is 4.79 Å². The molecule has 2 aliphatic rings. The van der Waals surface area contributed by atoms with Crippen molar-refractivity contribution in [1.82, 2.24) is 5.32 Å². The number of carbonyl (C=O) groups is 1. The van der Waals surface area contributed by atoms with E-state index in [1.54, 1.807) is 0 Å². The first-order chi connectivity index (χ1) is 8.81. The van der Waals surface area contributed by atoms with Gasteiger partial charge in [0.05, 0.1) is 0 Å². The van der Waals surface area contributed by atoms with E-state index >= 15 is 0 Å². The number of ether oxygens (including phenoxy) is 1. The second-order valence-corrected chi connectivity index (χ2v) is 7.61. The molecule has 0 aliphatic heterocycles. The summed E-state index contributed by atoms with van der Waals surface area (Å²) >= 11 is 0. The predicted molar refractivity (Wildman–Crippen MR) is 77.1 cm³/mol. The molecule has 0 radical (unpaired) electrons. The zero-order valence-corrected chi connectivity index (χ0v) is 12.9. The van der Waals surface area contributed by atoms with Crippen molar-refractivity contribution in [2.45, 2.75) is 83.8 Å². The Morgan fingerprint density at radius 2 is 1.84 bits per heavy atom. The predicted octanol–water partition coefficient (Wildman–Crippen LogP) is 4.26. The van der Waals surface area contributed by atoms with Crippen LogP contribution in [0.25, 0.3) is 0 Å². The van der Waals surface area contributed by atoms with Gasteiger partial charge in [-0.2, -0.15) is 0 Å². The fraction of sp³-hybridized carbons (Fsp3) is 0.938. The Morgan fingerprint density at radius 1 is 1.21 bits per heavy atom. The molecule has 0 saturated heterocycles. The van der Waals surface area contributed by atoms with Gasteiger partial charge in [-0.05, 0) is 64.7 Å². The molecule has 2 rings (SSSR count).